The number of carbonyl (C=O) groups is 2. The van der Waals surface area contributed by atoms with Crippen LogP contribution in [0.5, 0.6) is 5.75 Å². The van der Waals surface area contributed by atoms with E-state index < -0.39 is 24.0 Å². The average molecular weight is 298 g/mol. The lowest BCUT2D eigenvalue weighted by Crippen LogP contribution is -2.46. The number of amides is 1. The molecule has 0 spiro atoms. The smallest absolute Gasteiger partial charge is 0.326 e. The topological polar surface area (TPSA) is 75.6 Å². The van der Waals surface area contributed by atoms with Crippen LogP contribution in [0.15, 0.2) is 18.2 Å². The van der Waals surface area contributed by atoms with Gasteiger partial charge in [-0.3, -0.25) is 4.79 Å². The lowest BCUT2D eigenvalue weighted by atomic mass is 10.1. The van der Waals surface area contributed by atoms with Crippen molar-refractivity contribution in [3.63, 3.8) is 0 Å². The molecule has 0 radical (unpaired) electrons. The van der Waals surface area contributed by atoms with E-state index in [1.807, 2.05) is 6.92 Å². The highest BCUT2D eigenvalue weighted by Crippen LogP contribution is 2.31. The van der Waals surface area contributed by atoms with Crippen LogP contribution in [0, 0.1) is 0 Å². The van der Waals surface area contributed by atoms with Crippen LogP contribution in [-0.4, -0.2) is 29.1 Å². The average Bonchev–Trinajstić information content (AvgIpc) is 2.80. The highest BCUT2D eigenvalue weighted by molar-refractivity contribution is 6.30. The fraction of sp³-hybridized carbons (Fsp3) is 0.429. The molecule has 0 saturated heterocycles. The van der Waals surface area contributed by atoms with Gasteiger partial charge in [-0.15, -0.1) is 0 Å². The van der Waals surface area contributed by atoms with Crippen LogP contribution in [0.1, 0.15) is 25.3 Å². The van der Waals surface area contributed by atoms with E-state index in [-0.39, 0.29) is 0 Å². The zero-order chi connectivity index (χ0) is 14.7. The lowest BCUT2D eigenvalue weighted by molar-refractivity contribution is -0.143. The second-order valence-electron chi connectivity index (χ2n) is 4.75. The third-order valence-corrected chi connectivity index (χ3v) is 3.42. The molecule has 2 unspecified atom stereocenters. The number of carboxylic acid groups (broad SMARTS) is 1. The van der Waals surface area contributed by atoms with Crippen LogP contribution < -0.4 is 10.1 Å². The van der Waals surface area contributed by atoms with E-state index in [0.717, 1.165) is 5.56 Å². The predicted octanol–water partition coefficient (Wildman–Crippen LogP) is 2.01. The first-order valence-electron chi connectivity index (χ1n) is 6.49. The van der Waals surface area contributed by atoms with E-state index in [0.29, 0.717) is 30.0 Å². The van der Waals surface area contributed by atoms with E-state index in [4.69, 9.17) is 21.4 Å². The number of benzene rings is 1. The van der Waals surface area contributed by atoms with Crippen LogP contribution in [0.3, 0.4) is 0 Å². The van der Waals surface area contributed by atoms with E-state index in [9.17, 15) is 9.59 Å². The number of ether oxygens (including phenoxy) is 1. The summed E-state index contributed by atoms with van der Waals surface area (Å²) in [6, 6.07) is 4.29. The van der Waals surface area contributed by atoms with Gasteiger partial charge in [0.25, 0.3) is 5.91 Å². The second kappa shape index (κ2) is 6.13. The van der Waals surface area contributed by atoms with Crippen LogP contribution in [0.4, 0.5) is 0 Å². The molecular formula is C14H16ClNO4. The first kappa shape index (κ1) is 14.7. The summed E-state index contributed by atoms with van der Waals surface area (Å²) in [6.07, 6.45) is 0.785. The highest BCUT2D eigenvalue weighted by Gasteiger charge is 2.31. The SMILES string of the molecule is CCCC(NC(=O)C1Cc2cc(Cl)ccc2O1)C(=O)O. The highest BCUT2D eigenvalue weighted by atomic mass is 35.5. The Bertz CT molecular complexity index is 532. The Balaban J connectivity index is 2.00. The predicted molar refractivity (Wildman–Crippen MR) is 74.0 cm³/mol. The van der Waals surface area contributed by atoms with Gasteiger partial charge in [-0.1, -0.05) is 24.9 Å². The Labute approximate surface area is 121 Å². The van der Waals surface area contributed by atoms with Crippen molar-refractivity contribution < 1.29 is 19.4 Å². The number of halogens is 1. The van der Waals surface area contributed by atoms with Crippen molar-refractivity contribution >= 4 is 23.5 Å². The molecule has 1 aromatic rings. The van der Waals surface area contributed by atoms with E-state index in [1.54, 1.807) is 18.2 Å². The molecule has 0 bridgehead atoms. The van der Waals surface area contributed by atoms with Crippen molar-refractivity contribution in [2.75, 3.05) is 0 Å². The van der Waals surface area contributed by atoms with E-state index in [1.165, 1.54) is 0 Å². The van der Waals surface area contributed by atoms with E-state index >= 15 is 0 Å². The maximum Gasteiger partial charge on any atom is 0.326 e. The van der Waals surface area contributed by atoms with Gasteiger partial charge in [-0.2, -0.15) is 0 Å². The minimum atomic E-state index is -1.03. The second-order valence-corrected chi connectivity index (χ2v) is 5.19. The Morgan fingerprint density at radius 1 is 1.55 bits per heavy atom. The maximum absolute atomic E-state index is 12.1. The zero-order valence-electron chi connectivity index (χ0n) is 11.1. The minimum absolute atomic E-state index is 0.395. The summed E-state index contributed by atoms with van der Waals surface area (Å²) >= 11 is 5.88. The third kappa shape index (κ3) is 3.22. The standard InChI is InChI=1S/C14H16ClNO4/c1-2-3-10(14(18)19)16-13(17)12-7-8-6-9(15)4-5-11(8)20-12/h4-6,10,12H,2-3,7H2,1H3,(H,16,17)(H,18,19). The summed E-state index contributed by atoms with van der Waals surface area (Å²) < 4.78 is 5.52. The molecule has 0 aliphatic carbocycles. The molecule has 6 heteroatoms. The molecule has 0 aromatic heterocycles. The Morgan fingerprint density at radius 3 is 2.95 bits per heavy atom. The number of rotatable bonds is 5. The number of carboxylic acids is 1. The number of fused-ring (bicyclic) bond motifs is 1. The number of nitrogens with one attached hydrogen (secondary N) is 1. The van der Waals surface area contributed by atoms with Crippen LogP contribution in [0.25, 0.3) is 0 Å². The fourth-order valence-electron chi connectivity index (χ4n) is 2.17. The van der Waals surface area contributed by atoms with Crippen LogP contribution in [-0.2, 0) is 16.0 Å². The van der Waals surface area contributed by atoms with Crippen LogP contribution >= 0.6 is 11.6 Å². The molecule has 108 valence electrons. The molecule has 0 saturated carbocycles. The zero-order valence-corrected chi connectivity index (χ0v) is 11.8. The van der Waals surface area contributed by atoms with Gasteiger partial charge in [-0.25, -0.2) is 4.79 Å². The first-order valence-corrected chi connectivity index (χ1v) is 6.87. The summed E-state index contributed by atoms with van der Waals surface area (Å²) in [7, 11) is 0. The largest absolute Gasteiger partial charge is 0.480 e. The molecule has 0 fully saturated rings. The number of carbonyl (C=O) groups excluding carboxylic acids is 1. The fourth-order valence-corrected chi connectivity index (χ4v) is 2.37. The molecule has 2 rings (SSSR count). The monoisotopic (exact) mass is 297 g/mol. The Kier molecular flexibility index (Phi) is 4.49. The van der Waals surface area contributed by atoms with Crippen molar-refractivity contribution in [3.05, 3.63) is 28.8 Å². The summed E-state index contributed by atoms with van der Waals surface area (Å²) in [5.41, 5.74) is 0.861. The number of hydrogen-bond acceptors (Lipinski definition) is 3. The molecule has 1 aliphatic heterocycles. The third-order valence-electron chi connectivity index (χ3n) is 3.18. The molecule has 1 aromatic carbocycles. The molecule has 1 heterocycles. The maximum atomic E-state index is 12.1. The van der Waals surface area contributed by atoms with Gasteiger partial charge < -0.3 is 15.2 Å². The normalized spacial score (nSPS) is 18.0. The van der Waals surface area contributed by atoms with Crippen molar-refractivity contribution in [1.82, 2.24) is 5.32 Å². The number of aliphatic carboxylic acids is 1. The van der Waals surface area contributed by atoms with Gasteiger partial charge in [0, 0.05) is 11.4 Å². The van der Waals surface area contributed by atoms with Crippen molar-refractivity contribution in [2.45, 2.75) is 38.3 Å². The molecule has 20 heavy (non-hydrogen) atoms. The molecule has 1 aliphatic rings. The van der Waals surface area contributed by atoms with Gasteiger partial charge in [0.2, 0.25) is 0 Å². The summed E-state index contributed by atoms with van der Waals surface area (Å²) in [5.74, 6) is -0.811. The van der Waals surface area contributed by atoms with Crippen molar-refractivity contribution in [2.24, 2.45) is 0 Å². The first-order chi connectivity index (χ1) is 9.51. The van der Waals surface area contributed by atoms with Gasteiger partial charge in [0.15, 0.2) is 6.10 Å². The summed E-state index contributed by atoms with van der Waals surface area (Å²) in [5, 5.41) is 12.1. The molecule has 1 amide bonds. The lowest BCUT2D eigenvalue weighted by Gasteiger charge is -2.16. The Morgan fingerprint density at radius 2 is 2.30 bits per heavy atom. The minimum Gasteiger partial charge on any atom is -0.480 e. The van der Waals surface area contributed by atoms with E-state index in [2.05, 4.69) is 5.32 Å². The van der Waals surface area contributed by atoms with Crippen LogP contribution in [0.2, 0.25) is 5.02 Å². The summed E-state index contributed by atoms with van der Waals surface area (Å²) in [6.45, 7) is 1.87. The van der Waals surface area contributed by atoms with Crippen molar-refractivity contribution in [3.8, 4) is 5.75 Å². The van der Waals surface area contributed by atoms with Gasteiger partial charge >= 0.3 is 5.97 Å². The Hall–Kier alpha value is -1.75. The van der Waals surface area contributed by atoms with Gasteiger partial charge in [0.1, 0.15) is 11.8 Å². The van der Waals surface area contributed by atoms with Crippen molar-refractivity contribution in [1.29, 1.82) is 0 Å². The van der Waals surface area contributed by atoms with Gasteiger partial charge in [-0.05, 0) is 30.2 Å². The quantitative estimate of drug-likeness (QED) is 0.872. The molecule has 2 N–H and O–H groups in total. The molecule has 5 nitrogen and oxygen atoms in total. The summed E-state index contributed by atoms with van der Waals surface area (Å²) in [4.78, 5) is 23.1. The van der Waals surface area contributed by atoms with Gasteiger partial charge in [0.05, 0.1) is 0 Å². The molecular weight excluding hydrogens is 282 g/mol. The molecule has 2 atom stereocenters. The number of hydrogen-bond donors (Lipinski definition) is 2.